The molecule has 1 aromatic carbocycles. The van der Waals surface area contributed by atoms with Gasteiger partial charge in [0.1, 0.15) is 5.75 Å². The van der Waals surface area contributed by atoms with Gasteiger partial charge in [-0.05, 0) is 38.0 Å². The second-order valence-corrected chi connectivity index (χ2v) is 7.73. The molecule has 1 aliphatic heterocycles. The molecule has 0 aromatic heterocycles. The third-order valence-electron chi connectivity index (χ3n) is 3.66. The van der Waals surface area contributed by atoms with Crippen LogP contribution in [-0.2, 0) is 9.84 Å². The molecular weight excluding hydrogens is 262 g/mol. The van der Waals surface area contributed by atoms with Crippen molar-refractivity contribution < 1.29 is 13.2 Å². The second-order valence-electron chi connectivity index (χ2n) is 5.55. The van der Waals surface area contributed by atoms with E-state index in [1.807, 2.05) is 38.1 Å². The summed E-state index contributed by atoms with van der Waals surface area (Å²) in [7, 11) is -1.24. The first-order valence-corrected chi connectivity index (χ1v) is 8.28. The highest BCUT2D eigenvalue weighted by molar-refractivity contribution is 7.91. The van der Waals surface area contributed by atoms with E-state index < -0.39 is 9.84 Å². The van der Waals surface area contributed by atoms with Crippen LogP contribution in [0.2, 0.25) is 0 Å². The predicted molar refractivity (Wildman–Crippen MR) is 76.2 cm³/mol. The smallest absolute Gasteiger partial charge is 0.152 e. The van der Waals surface area contributed by atoms with E-state index in [1.165, 1.54) is 0 Å². The maximum Gasteiger partial charge on any atom is 0.152 e. The SMILES string of the molecule is COc1cccc(C(C)NC2(C)CCS(=O)(=O)C2)c1. The molecule has 0 saturated carbocycles. The Balaban J connectivity index is 2.10. The lowest BCUT2D eigenvalue weighted by molar-refractivity contribution is 0.354. The van der Waals surface area contributed by atoms with E-state index in [1.54, 1.807) is 7.11 Å². The van der Waals surface area contributed by atoms with Gasteiger partial charge in [-0.2, -0.15) is 0 Å². The van der Waals surface area contributed by atoms with Crippen molar-refractivity contribution >= 4 is 9.84 Å². The molecule has 1 saturated heterocycles. The zero-order valence-electron chi connectivity index (χ0n) is 11.6. The molecule has 0 bridgehead atoms. The third-order valence-corrected chi connectivity index (χ3v) is 5.57. The molecule has 2 unspecified atom stereocenters. The number of ether oxygens (including phenoxy) is 1. The molecule has 2 rings (SSSR count). The van der Waals surface area contributed by atoms with E-state index in [-0.39, 0.29) is 23.1 Å². The molecular formula is C14H21NO3S. The van der Waals surface area contributed by atoms with Gasteiger partial charge in [0.15, 0.2) is 9.84 Å². The molecule has 1 aliphatic rings. The highest BCUT2D eigenvalue weighted by Crippen LogP contribution is 2.27. The van der Waals surface area contributed by atoms with Crippen molar-refractivity contribution in [1.82, 2.24) is 5.32 Å². The Morgan fingerprint density at radius 2 is 2.16 bits per heavy atom. The summed E-state index contributed by atoms with van der Waals surface area (Å²) in [5, 5.41) is 3.44. The van der Waals surface area contributed by atoms with Gasteiger partial charge in [-0.1, -0.05) is 12.1 Å². The van der Waals surface area contributed by atoms with Gasteiger partial charge in [0.05, 0.1) is 18.6 Å². The van der Waals surface area contributed by atoms with Crippen molar-refractivity contribution in [1.29, 1.82) is 0 Å². The molecule has 2 atom stereocenters. The molecule has 0 spiro atoms. The lowest BCUT2D eigenvalue weighted by atomic mass is 9.98. The van der Waals surface area contributed by atoms with Crippen LogP contribution in [0.1, 0.15) is 31.9 Å². The first-order chi connectivity index (χ1) is 8.84. The van der Waals surface area contributed by atoms with Crippen molar-refractivity contribution in [2.24, 2.45) is 0 Å². The fourth-order valence-corrected chi connectivity index (χ4v) is 4.75. The summed E-state index contributed by atoms with van der Waals surface area (Å²) < 4.78 is 28.4. The highest BCUT2D eigenvalue weighted by Gasteiger charge is 2.38. The van der Waals surface area contributed by atoms with E-state index in [9.17, 15) is 8.42 Å². The van der Waals surface area contributed by atoms with Crippen LogP contribution in [-0.4, -0.2) is 32.6 Å². The largest absolute Gasteiger partial charge is 0.497 e. The summed E-state index contributed by atoms with van der Waals surface area (Å²) in [6, 6.07) is 7.93. The first kappa shape index (κ1) is 14.3. The molecule has 1 heterocycles. The van der Waals surface area contributed by atoms with E-state index >= 15 is 0 Å². The number of rotatable bonds is 4. The van der Waals surface area contributed by atoms with Gasteiger partial charge in [0.25, 0.3) is 0 Å². The zero-order chi connectivity index (χ0) is 14.1. The average molecular weight is 283 g/mol. The van der Waals surface area contributed by atoms with E-state index in [0.717, 1.165) is 11.3 Å². The summed E-state index contributed by atoms with van der Waals surface area (Å²) >= 11 is 0. The number of benzene rings is 1. The normalized spacial score (nSPS) is 27.1. The number of nitrogens with one attached hydrogen (secondary N) is 1. The van der Waals surface area contributed by atoms with E-state index in [2.05, 4.69) is 5.32 Å². The van der Waals surface area contributed by atoms with Crippen LogP contribution in [0.25, 0.3) is 0 Å². The van der Waals surface area contributed by atoms with Crippen molar-refractivity contribution in [3.8, 4) is 5.75 Å². The van der Waals surface area contributed by atoms with Crippen LogP contribution in [0, 0.1) is 0 Å². The molecule has 0 aliphatic carbocycles. The predicted octanol–water partition coefficient (Wildman–Crippen LogP) is 1.92. The van der Waals surface area contributed by atoms with Gasteiger partial charge in [-0.25, -0.2) is 8.42 Å². The Morgan fingerprint density at radius 3 is 2.74 bits per heavy atom. The molecule has 19 heavy (non-hydrogen) atoms. The first-order valence-electron chi connectivity index (χ1n) is 6.46. The number of methoxy groups -OCH3 is 1. The average Bonchev–Trinajstić information content (AvgIpc) is 2.63. The summed E-state index contributed by atoms with van der Waals surface area (Å²) in [5.74, 6) is 1.31. The maximum atomic E-state index is 11.6. The Bertz CT molecular complexity index is 556. The molecule has 0 radical (unpaired) electrons. The Hall–Kier alpha value is -1.07. The molecule has 5 heteroatoms. The zero-order valence-corrected chi connectivity index (χ0v) is 12.5. The van der Waals surface area contributed by atoms with Gasteiger partial charge < -0.3 is 10.1 Å². The minimum atomic E-state index is -2.88. The van der Waals surface area contributed by atoms with E-state index in [0.29, 0.717) is 6.42 Å². The monoisotopic (exact) mass is 283 g/mol. The van der Waals surface area contributed by atoms with Crippen LogP contribution < -0.4 is 10.1 Å². The lowest BCUT2D eigenvalue weighted by Crippen LogP contribution is -2.44. The summed E-state index contributed by atoms with van der Waals surface area (Å²) in [6.45, 7) is 4.03. The summed E-state index contributed by atoms with van der Waals surface area (Å²) in [5.41, 5.74) is 0.770. The molecule has 1 fully saturated rings. The van der Waals surface area contributed by atoms with Crippen LogP contribution in [0.4, 0.5) is 0 Å². The van der Waals surface area contributed by atoms with Crippen molar-refractivity contribution in [3.63, 3.8) is 0 Å². The maximum absolute atomic E-state index is 11.6. The Kier molecular flexibility index (Phi) is 3.87. The van der Waals surface area contributed by atoms with Gasteiger partial charge in [-0.3, -0.25) is 0 Å². The topological polar surface area (TPSA) is 55.4 Å². The fraction of sp³-hybridized carbons (Fsp3) is 0.571. The van der Waals surface area contributed by atoms with Crippen molar-refractivity contribution in [2.75, 3.05) is 18.6 Å². The van der Waals surface area contributed by atoms with E-state index in [4.69, 9.17) is 4.74 Å². The van der Waals surface area contributed by atoms with Gasteiger partial charge in [-0.15, -0.1) is 0 Å². The number of hydrogen-bond acceptors (Lipinski definition) is 4. The van der Waals surface area contributed by atoms with Gasteiger partial charge in [0.2, 0.25) is 0 Å². The standard InChI is InChI=1S/C14H21NO3S/c1-11(12-5-4-6-13(9-12)18-3)15-14(2)7-8-19(16,17)10-14/h4-6,9,11,15H,7-8,10H2,1-3H3. The highest BCUT2D eigenvalue weighted by atomic mass is 32.2. The van der Waals surface area contributed by atoms with Crippen LogP contribution in [0.5, 0.6) is 5.75 Å². The third kappa shape index (κ3) is 3.48. The Morgan fingerprint density at radius 1 is 1.42 bits per heavy atom. The summed E-state index contributed by atoms with van der Waals surface area (Å²) in [6.07, 6.45) is 0.670. The molecule has 4 nitrogen and oxygen atoms in total. The number of sulfone groups is 1. The minimum absolute atomic E-state index is 0.0911. The quantitative estimate of drug-likeness (QED) is 0.917. The Labute approximate surface area is 115 Å². The summed E-state index contributed by atoms with van der Waals surface area (Å²) in [4.78, 5) is 0. The van der Waals surface area contributed by atoms with Crippen molar-refractivity contribution in [3.05, 3.63) is 29.8 Å². The minimum Gasteiger partial charge on any atom is -0.497 e. The van der Waals surface area contributed by atoms with Gasteiger partial charge in [0, 0.05) is 11.6 Å². The molecule has 1 N–H and O–H groups in total. The fourth-order valence-electron chi connectivity index (χ4n) is 2.64. The second kappa shape index (κ2) is 5.13. The van der Waals surface area contributed by atoms with Crippen molar-refractivity contribution in [2.45, 2.75) is 31.8 Å². The van der Waals surface area contributed by atoms with Gasteiger partial charge >= 0.3 is 0 Å². The van der Waals surface area contributed by atoms with Crippen LogP contribution in [0.15, 0.2) is 24.3 Å². The number of hydrogen-bond donors (Lipinski definition) is 1. The van der Waals surface area contributed by atoms with Crippen LogP contribution in [0.3, 0.4) is 0 Å². The van der Waals surface area contributed by atoms with Crippen LogP contribution >= 0.6 is 0 Å². The lowest BCUT2D eigenvalue weighted by Gasteiger charge is -2.29. The molecule has 106 valence electrons. The molecule has 0 amide bonds. The molecule has 1 aromatic rings.